The van der Waals surface area contributed by atoms with Gasteiger partial charge in [-0.25, -0.2) is 13.1 Å². The highest BCUT2D eigenvalue weighted by atomic mass is 32.2. The van der Waals surface area contributed by atoms with Crippen LogP contribution in [0.25, 0.3) is 0 Å². The van der Waals surface area contributed by atoms with Crippen LogP contribution in [0.2, 0.25) is 0 Å². The number of nitrogens with one attached hydrogen (secondary N) is 1. The number of sulfonamides is 1. The number of nitriles is 1. The molecule has 2 rings (SSSR count). The molecular formula is C14H14N2O4S. The minimum Gasteiger partial charge on any atom is -0.467 e. The Morgan fingerprint density at radius 3 is 2.76 bits per heavy atom. The third-order valence-corrected chi connectivity index (χ3v) is 4.52. The molecule has 0 saturated carbocycles. The number of furan rings is 1. The Morgan fingerprint density at radius 2 is 2.19 bits per heavy atom. The molecule has 0 fully saturated rings. The van der Waals surface area contributed by atoms with Crippen molar-refractivity contribution < 1.29 is 17.9 Å². The second kappa shape index (κ2) is 6.10. The van der Waals surface area contributed by atoms with E-state index in [0.29, 0.717) is 11.1 Å². The average molecular weight is 306 g/mol. The number of hydrogen-bond donors (Lipinski definition) is 2. The number of aliphatic hydroxyl groups is 1. The van der Waals surface area contributed by atoms with E-state index in [9.17, 15) is 13.5 Å². The predicted molar refractivity (Wildman–Crippen MR) is 74.8 cm³/mol. The smallest absolute Gasteiger partial charge is 0.240 e. The van der Waals surface area contributed by atoms with Crippen LogP contribution in [0.5, 0.6) is 0 Å². The van der Waals surface area contributed by atoms with Crippen LogP contribution in [-0.4, -0.2) is 20.1 Å². The van der Waals surface area contributed by atoms with E-state index < -0.39 is 16.1 Å². The summed E-state index contributed by atoms with van der Waals surface area (Å²) in [5, 5.41) is 18.6. The summed E-state index contributed by atoms with van der Waals surface area (Å²) in [5.74, 6) is 0.286. The maximum atomic E-state index is 12.2. The number of aliphatic hydroxyl groups excluding tert-OH is 1. The van der Waals surface area contributed by atoms with Crippen molar-refractivity contribution >= 4 is 10.0 Å². The molecule has 0 aliphatic carbocycles. The van der Waals surface area contributed by atoms with Gasteiger partial charge < -0.3 is 9.52 Å². The molecule has 2 N–H and O–H groups in total. The van der Waals surface area contributed by atoms with E-state index in [0.717, 1.165) is 0 Å². The molecule has 7 heteroatoms. The Kier molecular flexibility index (Phi) is 4.43. The van der Waals surface area contributed by atoms with Crippen LogP contribution in [-0.2, 0) is 10.0 Å². The van der Waals surface area contributed by atoms with E-state index in [4.69, 9.17) is 9.68 Å². The first-order valence-corrected chi connectivity index (χ1v) is 7.64. The first-order chi connectivity index (χ1) is 9.94. The van der Waals surface area contributed by atoms with Crippen LogP contribution >= 0.6 is 0 Å². The maximum absolute atomic E-state index is 12.2. The summed E-state index contributed by atoms with van der Waals surface area (Å²) < 4.78 is 31.7. The van der Waals surface area contributed by atoms with E-state index in [2.05, 4.69) is 4.72 Å². The number of rotatable bonds is 5. The lowest BCUT2D eigenvalue weighted by Gasteiger charge is -2.12. The quantitative estimate of drug-likeness (QED) is 0.870. The van der Waals surface area contributed by atoms with Gasteiger partial charge in [-0.2, -0.15) is 5.26 Å². The number of benzene rings is 1. The number of hydrogen-bond acceptors (Lipinski definition) is 5. The van der Waals surface area contributed by atoms with Crippen molar-refractivity contribution in [3.05, 3.63) is 53.5 Å². The second-order valence-electron chi connectivity index (χ2n) is 4.48. The number of nitrogens with zero attached hydrogens (tertiary/aromatic N) is 1. The third kappa shape index (κ3) is 3.49. The van der Waals surface area contributed by atoms with E-state index in [1.165, 1.54) is 24.5 Å². The first kappa shape index (κ1) is 15.3. The van der Waals surface area contributed by atoms with Crippen molar-refractivity contribution in [2.45, 2.75) is 17.9 Å². The molecule has 1 aromatic carbocycles. The third-order valence-electron chi connectivity index (χ3n) is 2.93. The predicted octanol–water partition coefficient (Wildman–Crippen LogP) is 1.47. The molecule has 0 bridgehead atoms. The van der Waals surface area contributed by atoms with Gasteiger partial charge in [0, 0.05) is 6.54 Å². The van der Waals surface area contributed by atoms with Crippen LogP contribution in [0.4, 0.5) is 0 Å². The van der Waals surface area contributed by atoms with Crippen molar-refractivity contribution in [3.8, 4) is 6.07 Å². The lowest BCUT2D eigenvalue weighted by Crippen LogP contribution is -2.29. The highest BCUT2D eigenvalue weighted by Crippen LogP contribution is 2.18. The van der Waals surface area contributed by atoms with Gasteiger partial charge in [-0.05, 0) is 42.8 Å². The minimum absolute atomic E-state index is 0.0770. The molecule has 110 valence electrons. The van der Waals surface area contributed by atoms with Crippen LogP contribution in [0.15, 0.2) is 45.9 Å². The minimum atomic E-state index is -3.76. The fourth-order valence-corrected chi connectivity index (χ4v) is 3.13. The van der Waals surface area contributed by atoms with Crippen molar-refractivity contribution in [3.63, 3.8) is 0 Å². The summed E-state index contributed by atoms with van der Waals surface area (Å²) >= 11 is 0. The fraction of sp³-hybridized carbons (Fsp3) is 0.214. The fourth-order valence-electron chi connectivity index (χ4n) is 1.87. The van der Waals surface area contributed by atoms with Crippen LogP contribution in [0.1, 0.15) is 23.0 Å². The Balaban J connectivity index is 2.14. The summed E-state index contributed by atoms with van der Waals surface area (Å²) in [7, 11) is -3.76. The summed E-state index contributed by atoms with van der Waals surface area (Å²) in [6.07, 6.45) is 0.339. The molecule has 1 atom stereocenters. The Hall–Kier alpha value is -2.14. The Labute approximate surface area is 122 Å². The zero-order chi connectivity index (χ0) is 15.5. The zero-order valence-corrected chi connectivity index (χ0v) is 12.1. The van der Waals surface area contributed by atoms with Crippen molar-refractivity contribution in [2.75, 3.05) is 6.54 Å². The molecule has 2 aromatic rings. The standard InChI is InChI=1S/C14H14N2O4S/c1-10-7-11(8-15)4-5-14(10)21(18,19)16-9-12(17)13-3-2-6-20-13/h2-7,12,16-17H,9H2,1H3. The highest BCUT2D eigenvalue weighted by molar-refractivity contribution is 7.89. The molecule has 0 saturated heterocycles. The summed E-state index contributed by atoms with van der Waals surface area (Å²) in [6.45, 7) is 1.41. The summed E-state index contributed by atoms with van der Waals surface area (Å²) in [4.78, 5) is 0.0770. The SMILES string of the molecule is Cc1cc(C#N)ccc1S(=O)(=O)NCC(O)c1ccco1. The van der Waals surface area contributed by atoms with E-state index in [-0.39, 0.29) is 17.2 Å². The molecule has 0 radical (unpaired) electrons. The molecule has 0 aliphatic heterocycles. The zero-order valence-electron chi connectivity index (χ0n) is 11.3. The van der Waals surface area contributed by atoms with Crippen molar-refractivity contribution in [1.29, 1.82) is 5.26 Å². The van der Waals surface area contributed by atoms with Crippen LogP contribution < -0.4 is 4.72 Å². The van der Waals surface area contributed by atoms with E-state index in [1.807, 2.05) is 6.07 Å². The molecule has 0 amide bonds. The molecule has 1 heterocycles. The van der Waals surface area contributed by atoms with Gasteiger partial charge in [0.15, 0.2) is 0 Å². The first-order valence-electron chi connectivity index (χ1n) is 6.16. The van der Waals surface area contributed by atoms with E-state index in [1.54, 1.807) is 19.1 Å². The topological polar surface area (TPSA) is 103 Å². The van der Waals surface area contributed by atoms with Gasteiger partial charge in [-0.3, -0.25) is 0 Å². The molecule has 1 unspecified atom stereocenters. The van der Waals surface area contributed by atoms with Gasteiger partial charge in [0.05, 0.1) is 22.8 Å². The maximum Gasteiger partial charge on any atom is 0.240 e. The molecule has 1 aromatic heterocycles. The average Bonchev–Trinajstić information content (AvgIpc) is 2.98. The molecule has 0 spiro atoms. The van der Waals surface area contributed by atoms with Crippen molar-refractivity contribution in [1.82, 2.24) is 4.72 Å². The second-order valence-corrected chi connectivity index (χ2v) is 6.21. The monoisotopic (exact) mass is 306 g/mol. The Morgan fingerprint density at radius 1 is 1.43 bits per heavy atom. The molecular weight excluding hydrogens is 292 g/mol. The van der Waals surface area contributed by atoms with Crippen molar-refractivity contribution in [2.24, 2.45) is 0 Å². The molecule has 6 nitrogen and oxygen atoms in total. The van der Waals surface area contributed by atoms with Crippen LogP contribution in [0, 0.1) is 18.3 Å². The summed E-state index contributed by atoms with van der Waals surface area (Å²) in [6, 6.07) is 9.42. The van der Waals surface area contributed by atoms with E-state index >= 15 is 0 Å². The van der Waals surface area contributed by atoms with Crippen LogP contribution in [0.3, 0.4) is 0 Å². The lowest BCUT2D eigenvalue weighted by atomic mass is 10.2. The number of aryl methyl sites for hydroxylation is 1. The Bertz CT molecular complexity index is 761. The highest BCUT2D eigenvalue weighted by Gasteiger charge is 2.19. The van der Waals surface area contributed by atoms with Gasteiger partial charge in [0.25, 0.3) is 0 Å². The molecule has 21 heavy (non-hydrogen) atoms. The summed E-state index contributed by atoms with van der Waals surface area (Å²) in [5.41, 5.74) is 0.858. The normalized spacial score (nSPS) is 12.8. The van der Waals surface area contributed by atoms with Gasteiger partial charge in [-0.15, -0.1) is 0 Å². The molecule has 0 aliphatic rings. The van der Waals surface area contributed by atoms with Gasteiger partial charge in [0.2, 0.25) is 10.0 Å². The van der Waals surface area contributed by atoms with Gasteiger partial charge in [-0.1, -0.05) is 0 Å². The van der Waals surface area contributed by atoms with Gasteiger partial charge in [0.1, 0.15) is 11.9 Å². The largest absolute Gasteiger partial charge is 0.467 e. The van der Waals surface area contributed by atoms with Gasteiger partial charge >= 0.3 is 0 Å². The lowest BCUT2D eigenvalue weighted by molar-refractivity contribution is 0.154.